The first-order valence-electron chi connectivity index (χ1n) is 11.6. The van der Waals surface area contributed by atoms with E-state index in [0.717, 1.165) is 57.0 Å². The van der Waals surface area contributed by atoms with Crippen molar-refractivity contribution in [3.8, 4) is 16.9 Å². The topological polar surface area (TPSA) is 36.3 Å². The van der Waals surface area contributed by atoms with Crippen LogP contribution in [0.15, 0.2) is 54.6 Å². The monoisotopic (exact) mass is 511 g/mol. The lowest BCUT2D eigenvalue weighted by Gasteiger charge is -2.32. The summed E-state index contributed by atoms with van der Waals surface area (Å²) in [5.41, 5.74) is 0.486. The molecule has 0 aliphatic carbocycles. The van der Waals surface area contributed by atoms with E-state index in [9.17, 15) is 26.3 Å². The van der Waals surface area contributed by atoms with Crippen LogP contribution in [0.4, 0.5) is 26.3 Å². The predicted molar refractivity (Wildman–Crippen MR) is 125 cm³/mol. The molecule has 5 nitrogen and oxygen atoms in total. The molecule has 1 N–H and O–H groups in total. The fourth-order valence-electron chi connectivity index (χ4n) is 4.06. The normalized spacial score (nSPS) is 16.0. The highest BCUT2D eigenvalue weighted by Crippen LogP contribution is 2.32. The second kappa shape index (κ2) is 10.6. The van der Waals surface area contributed by atoms with Crippen molar-refractivity contribution in [3.63, 3.8) is 0 Å². The maximum Gasteiger partial charge on any atom is 0.416 e. The lowest BCUT2D eigenvalue weighted by molar-refractivity contribution is -0.138. The van der Waals surface area contributed by atoms with Crippen LogP contribution in [0.1, 0.15) is 16.8 Å². The Morgan fingerprint density at radius 3 is 1.92 bits per heavy atom. The van der Waals surface area contributed by atoms with E-state index in [4.69, 9.17) is 0 Å². The molecule has 3 aromatic rings. The molecule has 0 spiro atoms. The number of hydrogen-bond donors (Lipinski definition) is 1. The Hall–Kier alpha value is -2.89. The van der Waals surface area contributed by atoms with Gasteiger partial charge in [0, 0.05) is 51.4 Å². The van der Waals surface area contributed by atoms with Crippen molar-refractivity contribution in [2.24, 2.45) is 0 Å². The van der Waals surface area contributed by atoms with Gasteiger partial charge in [0.2, 0.25) is 0 Å². The fraction of sp³-hybridized carbons (Fsp3) is 0.400. The first kappa shape index (κ1) is 26.2. The minimum Gasteiger partial charge on any atom is -0.310 e. The Balaban J connectivity index is 1.53. The molecule has 0 unspecified atom stereocenters. The van der Waals surface area contributed by atoms with E-state index < -0.39 is 23.5 Å². The molecule has 0 radical (unpaired) electrons. The molecule has 1 fully saturated rings. The summed E-state index contributed by atoms with van der Waals surface area (Å²) in [5.74, 6) is 0. The van der Waals surface area contributed by atoms with E-state index >= 15 is 0 Å². The van der Waals surface area contributed by atoms with Gasteiger partial charge in [0.05, 0.1) is 28.2 Å². The van der Waals surface area contributed by atoms with Crippen molar-refractivity contribution in [1.82, 2.24) is 24.9 Å². The van der Waals surface area contributed by atoms with Gasteiger partial charge >= 0.3 is 12.4 Å². The molecule has 1 aliphatic heterocycles. The first-order valence-corrected chi connectivity index (χ1v) is 11.6. The summed E-state index contributed by atoms with van der Waals surface area (Å²) < 4.78 is 79.4. The molecule has 1 aliphatic rings. The number of halogens is 6. The van der Waals surface area contributed by atoms with Gasteiger partial charge in [-0.1, -0.05) is 12.1 Å². The molecule has 1 saturated heterocycles. The zero-order valence-electron chi connectivity index (χ0n) is 19.7. The molecule has 1 aromatic heterocycles. The van der Waals surface area contributed by atoms with Crippen LogP contribution in [0.2, 0.25) is 0 Å². The number of aromatic nitrogens is 2. The summed E-state index contributed by atoms with van der Waals surface area (Å²) in [5, 5.41) is 7.86. The first-order chi connectivity index (χ1) is 17.0. The number of likely N-dealkylation sites (N-methyl/N-ethyl adjacent to an activating group) is 1. The van der Waals surface area contributed by atoms with Crippen molar-refractivity contribution in [2.75, 3.05) is 46.3 Å². The second-order valence-corrected chi connectivity index (χ2v) is 8.87. The fourth-order valence-corrected chi connectivity index (χ4v) is 4.06. The van der Waals surface area contributed by atoms with Gasteiger partial charge in [-0.3, -0.25) is 4.90 Å². The Labute approximate surface area is 205 Å². The molecule has 0 atom stereocenters. The van der Waals surface area contributed by atoms with Gasteiger partial charge in [0.15, 0.2) is 0 Å². The predicted octanol–water partition coefficient (Wildman–Crippen LogP) is 4.91. The van der Waals surface area contributed by atoms with Crippen LogP contribution < -0.4 is 5.32 Å². The van der Waals surface area contributed by atoms with Gasteiger partial charge in [0.25, 0.3) is 0 Å². The third-order valence-electron chi connectivity index (χ3n) is 6.24. The standard InChI is InChI=1S/C25H27F6N5/c1-34-12-14-35(15-13-34)11-10-32-17-22-16-23(18-2-4-19(5-3-18)24(26,27)28)33-36(22)21-8-6-20(7-9-21)25(29,30)31/h2-9,16,32H,10-15,17H2,1H3. The van der Waals surface area contributed by atoms with Crippen LogP contribution in [0.5, 0.6) is 0 Å². The molecule has 4 rings (SSSR count). The van der Waals surface area contributed by atoms with E-state index in [0.29, 0.717) is 35.7 Å². The lowest BCUT2D eigenvalue weighted by atomic mass is 10.1. The Morgan fingerprint density at radius 2 is 1.36 bits per heavy atom. The zero-order chi connectivity index (χ0) is 25.9. The quantitative estimate of drug-likeness (QED) is 0.361. The molecular weight excluding hydrogens is 484 g/mol. The number of piperazine rings is 1. The minimum atomic E-state index is -4.46. The molecule has 0 bridgehead atoms. The molecule has 194 valence electrons. The second-order valence-electron chi connectivity index (χ2n) is 8.87. The van der Waals surface area contributed by atoms with E-state index in [1.54, 1.807) is 6.07 Å². The van der Waals surface area contributed by atoms with Crippen molar-refractivity contribution >= 4 is 0 Å². The van der Waals surface area contributed by atoms with Crippen LogP contribution in [0.3, 0.4) is 0 Å². The smallest absolute Gasteiger partial charge is 0.310 e. The number of benzene rings is 2. The number of rotatable bonds is 7. The van der Waals surface area contributed by atoms with Crippen LogP contribution in [-0.2, 0) is 18.9 Å². The number of nitrogens with one attached hydrogen (secondary N) is 1. The summed E-state index contributed by atoms with van der Waals surface area (Å²) in [4.78, 5) is 4.63. The highest BCUT2D eigenvalue weighted by molar-refractivity contribution is 5.60. The van der Waals surface area contributed by atoms with E-state index in [2.05, 4.69) is 27.3 Å². The van der Waals surface area contributed by atoms with Gasteiger partial charge in [0.1, 0.15) is 0 Å². The molecule has 0 saturated carbocycles. The maximum atomic E-state index is 13.0. The van der Waals surface area contributed by atoms with Gasteiger partial charge in [-0.2, -0.15) is 31.4 Å². The van der Waals surface area contributed by atoms with Crippen molar-refractivity contribution in [1.29, 1.82) is 0 Å². The van der Waals surface area contributed by atoms with Crippen LogP contribution in [-0.4, -0.2) is 65.9 Å². The van der Waals surface area contributed by atoms with Gasteiger partial charge in [-0.05, 0) is 49.5 Å². The molecule has 36 heavy (non-hydrogen) atoms. The van der Waals surface area contributed by atoms with Crippen molar-refractivity contribution in [2.45, 2.75) is 18.9 Å². The van der Waals surface area contributed by atoms with Gasteiger partial charge in [-0.15, -0.1) is 0 Å². The Morgan fingerprint density at radius 1 is 0.806 bits per heavy atom. The molecule has 0 amide bonds. The molecule has 2 aromatic carbocycles. The maximum absolute atomic E-state index is 13.0. The lowest BCUT2D eigenvalue weighted by Crippen LogP contribution is -2.46. The molecular formula is C25H27F6N5. The van der Waals surface area contributed by atoms with Crippen LogP contribution >= 0.6 is 0 Å². The van der Waals surface area contributed by atoms with E-state index in [1.807, 2.05) is 0 Å². The molecule has 2 heterocycles. The zero-order valence-corrected chi connectivity index (χ0v) is 19.7. The number of alkyl halides is 6. The summed E-state index contributed by atoms with van der Waals surface area (Å²) in [7, 11) is 2.09. The third kappa shape index (κ3) is 6.45. The summed E-state index contributed by atoms with van der Waals surface area (Å²) in [6.45, 7) is 5.95. The summed E-state index contributed by atoms with van der Waals surface area (Å²) >= 11 is 0. The van der Waals surface area contributed by atoms with Gasteiger partial charge < -0.3 is 10.2 Å². The van der Waals surface area contributed by atoms with Crippen LogP contribution in [0, 0.1) is 0 Å². The van der Waals surface area contributed by atoms with Crippen molar-refractivity contribution < 1.29 is 26.3 Å². The van der Waals surface area contributed by atoms with Crippen LogP contribution in [0.25, 0.3) is 16.9 Å². The van der Waals surface area contributed by atoms with Crippen molar-refractivity contribution in [3.05, 3.63) is 71.4 Å². The average molecular weight is 512 g/mol. The highest BCUT2D eigenvalue weighted by atomic mass is 19.4. The van der Waals surface area contributed by atoms with E-state index in [1.165, 1.54) is 28.9 Å². The Bertz CT molecular complexity index is 1130. The molecule has 11 heteroatoms. The largest absolute Gasteiger partial charge is 0.416 e. The highest BCUT2D eigenvalue weighted by Gasteiger charge is 2.31. The van der Waals surface area contributed by atoms with E-state index in [-0.39, 0.29) is 0 Å². The van der Waals surface area contributed by atoms with Gasteiger partial charge in [-0.25, -0.2) is 4.68 Å². The SMILES string of the molecule is CN1CCN(CCNCc2cc(-c3ccc(C(F)(F)F)cc3)nn2-c2ccc(C(F)(F)F)cc2)CC1. The Kier molecular flexibility index (Phi) is 7.72. The average Bonchev–Trinajstić information content (AvgIpc) is 3.26. The minimum absolute atomic E-state index is 0.391. The summed E-state index contributed by atoms with van der Waals surface area (Å²) in [6.07, 6.45) is -8.90. The number of hydrogen-bond acceptors (Lipinski definition) is 4. The third-order valence-corrected chi connectivity index (χ3v) is 6.24. The summed E-state index contributed by atoms with van der Waals surface area (Å²) in [6, 6.07) is 11.0. The number of nitrogens with zero attached hydrogens (tertiary/aromatic N) is 4.